The maximum Gasteiger partial charge on any atom is 0.410 e. The molecule has 1 fully saturated rings. The summed E-state index contributed by atoms with van der Waals surface area (Å²) in [6.45, 7) is 8.73. The number of hydrogen-bond donors (Lipinski definition) is 0. The van der Waals surface area contributed by atoms with Crippen LogP contribution in [0.25, 0.3) is 6.08 Å². The van der Waals surface area contributed by atoms with Gasteiger partial charge in [0.05, 0.1) is 11.6 Å². The van der Waals surface area contributed by atoms with E-state index in [0.717, 1.165) is 29.8 Å². The lowest BCUT2D eigenvalue weighted by Crippen LogP contribution is -2.44. The summed E-state index contributed by atoms with van der Waals surface area (Å²) in [5, 5.41) is 9.04. The normalized spacial score (nSPS) is 13.6. The van der Waals surface area contributed by atoms with Crippen molar-refractivity contribution in [2.75, 3.05) is 24.5 Å². The Labute approximate surface area is 231 Å². The first kappa shape index (κ1) is 31.8. The Morgan fingerprint density at radius 3 is 2.32 bits per heavy atom. The Morgan fingerprint density at radius 2 is 1.76 bits per heavy atom. The number of carbonyl (C=O) groups excluding carboxylic acids is 2. The largest absolute Gasteiger partial charge is 0.490 e. The standard InChI is InChI=1S/C28H33N3O4.2ClH/c1-21(32)31(16-6-9-22-7-5-8-23(19-22)20-29)24-10-12-25(13-11-24)34-26-14-17-30(18-15-26)27(33)35-28(2,3)4;;/h5-13,19,26H,14-18H2,1-4H3;2*1H. The van der Waals surface area contributed by atoms with Crippen molar-refractivity contribution in [3.05, 3.63) is 65.7 Å². The molecule has 9 heteroatoms. The minimum atomic E-state index is -0.502. The summed E-state index contributed by atoms with van der Waals surface area (Å²) >= 11 is 0. The summed E-state index contributed by atoms with van der Waals surface area (Å²) in [6, 6.07) is 16.9. The minimum absolute atomic E-state index is 0. The van der Waals surface area contributed by atoms with Gasteiger partial charge in [0.25, 0.3) is 0 Å². The molecule has 0 atom stereocenters. The molecule has 0 spiro atoms. The molecule has 0 unspecified atom stereocenters. The van der Waals surface area contributed by atoms with E-state index >= 15 is 0 Å². The van der Waals surface area contributed by atoms with Crippen LogP contribution >= 0.6 is 24.8 Å². The first-order valence-electron chi connectivity index (χ1n) is 11.8. The van der Waals surface area contributed by atoms with Gasteiger partial charge in [-0.15, -0.1) is 24.8 Å². The third kappa shape index (κ3) is 9.99. The SMILES string of the molecule is CC(=O)N(CC=Cc1cccc(C#N)c1)c1ccc(OC2CCN(C(=O)OC(C)(C)C)CC2)cc1.Cl.Cl. The van der Waals surface area contributed by atoms with Crippen LogP contribution in [-0.2, 0) is 9.53 Å². The minimum Gasteiger partial charge on any atom is -0.490 e. The summed E-state index contributed by atoms with van der Waals surface area (Å²) in [6.07, 6.45) is 5.02. The highest BCUT2D eigenvalue weighted by Crippen LogP contribution is 2.24. The first-order valence-corrected chi connectivity index (χ1v) is 11.8. The van der Waals surface area contributed by atoms with Gasteiger partial charge in [0.1, 0.15) is 17.5 Å². The molecular weight excluding hydrogens is 513 g/mol. The van der Waals surface area contributed by atoms with Crippen molar-refractivity contribution in [2.24, 2.45) is 0 Å². The smallest absolute Gasteiger partial charge is 0.410 e. The van der Waals surface area contributed by atoms with Gasteiger partial charge in [-0.25, -0.2) is 4.79 Å². The monoisotopic (exact) mass is 547 g/mol. The van der Waals surface area contributed by atoms with Gasteiger partial charge < -0.3 is 19.3 Å². The highest BCUT2D eigenvalue weighted by Gasteiger charge is 2.27. The molecule has 3 rings (SSSR count). The fourth-order valence-electron chi connectivity index (χ4n) is 3.80. The molecule has 37 heavy (non-hydrogen) atoms. The van der Waals surface area contributed by atoms with Gasteiger partial charge in [-0.3, -0.25) is 4.79 Å². The molecule has 1 aliphatic heterocycles. The van der Waals surface area contributed by atoms with Crippen molar-refractivity contribution in [1.29, 1.82) is 5.26 Å². The molecule has 0 bridgehead atoms. The van der Waals surface area contributed by atoms with Crippen LogP contribution in [0.4, 0.5) is 10.5 Å². The summed E-state index contributed by atoms with van der Waals surface area (Å²) < 4.78 is 11.6. The number of ether oxygens (including phenoxy) is 2. The van der Waals surface area contributed by atoms with Crippen molar-refractivity contribution in [3.8, 4) is 11.8 Å². The fourth-order valence-corrected chi connectivity index (χ4v) is 3.80. The van der Waals surface area contributed by atoms with E-state index in [0.29, 0.717) is 25.2 Å². The third-order valence-electron chi connectivity index (χ3n) is 5.54. The maximum absolute atomic E-state index is 12.2. The van der Waals surface area contributed by atoms with Crippen molar-refractivity contribution in [2.45, 2.75) is 52.2 Å². The average molecular weight is 549 g/mol. The van der Waals surface area contributed by atoms with Crippen LogP contribution in [0.1, 0.15) is 51.7 Å². The maximum atomic E-state index is 12.2. The zero-order valence-electron chi connectivity index (χ0n) is 21.7. The Bertz CT molecular complexity index is 1100. The zero-order valence-corrected chi connectivity index (χ0v) is 23.3. The van der Waals surface area contributed by atoms with Crippen LogP contribution < -0.4 is 9.64 Å². The number of anilines is 1. The molecule has 2 amide bonds. The number of nitriles is 1. The van der Waals surface area contributed by atoms with Crippen molar-refractivity contribution >= 4 is 48.6 Å². The number of likely N-dealkylation sites (tertiary alicyclic amines) is 1. The summed E-state index contributed by atoms with van der Waals surface area (Å²) in [4.78, 5) is 27.9. The summed E-state index contributed by atoms with van der Waals surface area (Å²) in [5.74, 6) is 0.667. The predicted octanol–water partition coefficient (Wildman–Crippen LogP) is 6.25. The van der Waals surface area contributed by atoms with E-state index in [-0.39, 0.29) is 42.9 Å². The Morgan fingerprint density at radius 1 is 1.11 bits per heavy atom. The Balaban J connectivity index is 0.00000342. The molecule has 1 heterocycles. The summed E-state index contributed by atoms with van der Waals surface area (Å²) in [5.41, 5.74) is 1.79. The molecule has 0 aromatic heterocycles. The second-order valence-electron chi connectivity index (χ2n) is 9.55. The predicted molar refractivity (Wildman–Crippen MR) is 151 cm³/mol. The molecule has 7 nitrogen and oxygen atoms in total. The summed E-state index contributed by atoms with van der Waals surface area (Å²) in [7, 11) is 0. The molecule has 0 radical (unpaired) electrons. The van der Waals surface area contributed by atoms with Gasteiger partial charge in [-0.05, 0) is 62.7 Å². The van der Waals surface area contributed by atoms with E-state index in [4.69, 9.17) is 14.7 Å². The molecule has 0 N–H and O–H groups in total. The molecule has 2 aromatic carbocycles. The molecule has 200 valence electrons. The molecule has 1 saturated heterocycles. The van der Waals surface area contributed by atoms with E-state index in [1.54, 1.807) is 21.9 Å². The fraction of sp³-hybridized carbons (Fsp3) is 0.393. The van der Waals surface area contributed by atoms with Crippen molar-refractivity contribution in [1.82, 2.24) is 4.90 Å². The van der Waals surface area contributed by atoms with E-state index < -0.39 is 5.60 Å². The van der Waals surface area contributed by atoms with Gasteiger partial charge in [-0.2, -0.15) is 5.26 Å². The second kappa shape index (κ2) is 14.5. The number of nitrogens with zero attached hydrogens (tertiary/aromatic N) is 3. The van der Waals surface area contributed by atoms with Gasteiger partial charge in [-0.1, -0.05) is 24.3 Å². The van der Waals surface area contributed by atoms with Gasteiger partial charge in [0.15, 0.2) is 0 Å². The second-order valence-corrected chi connectivity index (χ2v) is 9.55. The van der Waals surface area contributed by atoms with Gasteiger partial charge >= 0.3 is 6.09 Å². The molecule has 1 aliphatic rings. The topological polar surface area (TPSA) is 82.9 Å². The number of hydrogen-bond acceptors (Lipinski definition) is 5. The van der Waals surface area contributed by atoms with Crippen LogP contribution in [0.15, 0.2) is 54.6 Å². The number of carbonyl (C=O) groups is 2. The van der Waals surface area contributed by atoms with Crippen molar-refractivity contribution < 1.29 is 19.1 Å². The molecular formula is C28H35Cl2N3O4. The highest BCUT2D eigenvalue weighted by atomic mass is 35.5. The lowest BCUT2D eigenvalue weighted by Gasteiger charge is -2.33. The van der Waals surface area contributed by atoms with Gasteiger partial charge in [0.2, 0.25) is 5.91 Å². The Kier molecular flexibility index (Phi) is 12.5. The van der Waals surface area contributed by atoms with Gasteiger partial charge in [0, 0.05) is 45.1 Å². The number of amides is 2. The number of benzene rings is 2. The van der Waals surface area contributed by atoms with Crippen LogP contribution in [0.3, 0.4) is 0 Å². The Hall–Kier alpha value is -3.21. The van der Waals surface area contributed by atoms with E-state index in [1.165, 1.54) is 6.92 Å². The van der Waals surface area contributed by atoms with Crippen LogP contribution in [0, 0.1) is 11.3 Å². The third-order valence-corrected chi connectivity index (χ3v) is 5.54. The molecule has 2 aromatic rings. The van der Waals surface area contributed by atoms with Crippen LogP contribution in [0.2, 0.25) is 0 Å². The van der Waals surface area contributed by atoms with Crippen molar-refractivity contribution in [3.63, 3.8) is 0 Å². The van der Waals surface area contributed by atoms with Crippen LogP contribution in [0.5, 0.6) is 5.75 Å². The molecule has 0 aliphatic carbocycles. The van der Waals surface area contributed by atoms with Crippen LogP contribution in [-0.4, -0.2) is 48.2 Å². The zero-order chi connectivity index (χ0) is 25.4. The lowest BCUT2D eigenvalue weighted by molar-refractivity contribution is -0.116. The van der Waals surface area contributed by atoms with E-state index in [2.05, 4.69) is 6.07 Å². The number of rotatable bonds is 6. The lowest BCUT2D eigenvalue weighted by atomic mass is 10.1. The quantitative estimate of drug-likeness (QED) is 0.427. The van der Waals surface area contributed by atoms with E-state index in [1.807, 2.05) is 69.3 Å². The number of halogens is 2. The first-order chi connectivity index (χ1) is 16.6. The highest BCUT2D eigenvalue weighted by molar-refractivity contribution is 5.92. The van der Waals surface area contributed by atoms with E-state index in [9.17, 15) is 9.59 Å². The molecule has 0 saturated carbocycles. The number of piperidine rings is 1. The average Bonchev–Trinajstić information content (AvgIpc) is 2.82.